The van der Waals surface area contributed by atoms with Crippen molar-refractivity contribution < 1.29 is 0 Å². The van der Waals surface area contributed by atoms with Crippen LogP contribution in [0.1, 0.15) is 25.1 Å². The molecule has 3 rings (SSSR count). The lowest BCUT2D eigenvalue weighted by molar-refractivity contribution is 1.01. The van der Waals surface area contributed by atoms with Crippen LogP contribution in [0, 0.1) is 0 Å². The van der Waals surface area contributed by atoms with Crippen LogP contribution in [0.3, 0.4) is 0 Å². The van der Waals surface area contributed by atoms with Crippen molar-refractivity contribution in [2.75, 3.05) is 4.90 Å². The molecule has 2 heterocycles. The van der Waals surface area contributed by atoms with Gasteiger partial charge >= 0.3 is 0 Å². The van der Waals surface area contributed by atoms with E-state index in [2.05, 4.69) is 57.0 Å². The standard InChI is InChI=1S/C21H20BrN3/c1-3-7-16-9-14-21(24-19(16)4-2)25(20-8-5-6-15-23-20)18-12-10-17(22)11-13-18/h3,5-15H,4H2,1-2H3/b7-3-. The highest BCUT2D eigenvalue weighted by molar-refractivity contribution is 9.10. The van der Waals surface area contributed by atoms with Crippen molar-refractivity contribution in [3.63, 3.8) is 0 Å². The molecule has 0 radical (unpaired) electrons. The summed E-state index contributed by atoms with van der Waals surface area (Å²) in [6, 6.07) is 18.3. The fraction of sp³-hybridized carbons (Fsp3) is 0.143. The molecular formula is C21H20BrN3. The summed E-state index contributed by atoms with van der Waals surface area (Å²) in [6.45, 7) is 4.15. The minimum Gasteiger partial charge on any atom is -0.279 e. The summed E-state index contributed by atoms with van der Waals surface area (Å²) in [6.07, 6.45) is 6.82. The molecule has 1 aromatic carbocycles. The van der Waals surface area contributed by atoms with E-state index in [9.17, 15) is 0 Å². The van der Waals surface area contributed by atoms with Gasteiger partial charge in [-0.15, -0.1) is 0 Å². The first kappa shape index (κ1) is 17.4. The summed E-state index contributed by atoms with van der Waals surface area (Å²) in [5, 5.41) is 0. The van der Waals surface area contributed by atoms with E-state index in [1.54, 1.807) is 6.20 Å². The van der Waals surface area contributed by atoms with Gasteiger partial charge in [0.1, 0.15) is 11.6 Å². The number of aryl methyl sites for hydroxylation is 1. The van der Waals surface area contributed by atoms with Crippen molar-refractivity contribution in [1.82, 2.24) is 9.97 Å². The van der Waals surface area contributed by atoms with Gasteiger partial charge in [-0.3, -0.25) is 4.90 Å². The number of hydrogen-bond donors (Lipinski definition) is 0. The molecule has 0 aliphatic rings. The molecule has 126 valence electrons. The van der Waals surface area contributed by atoms with Crippen LogP contribution in [0.15, 0.2) is 71.3 Å². The van der Waals surface area contributed by atoms with Crippen LogP contribution < -0.4 is 4.90 Å². The van der Waals surface area contributed by atoms with Crippen molar-refractivity contribution in [2.45, 2.75) is 20.3 Å². The first-order valence-electron chi connectivity index (χ1n) is 8.32. The van der Waals surface area contributed by atoms with Gasteiger partial charge in [0.15, 0.2) is 0 Å². The molecule has 2 aromatic heterocycles. The monoisotopic (exact) mass is 393 g/mol. The molecule has 4 heteroatoms. The SMILES string of the molecule is C/C=C\c1ccc(N(c2ccc(Br)cc2)c2ccccn2)nc1CC. The number of benzene rings is 1. The van der Waals surface area contributed by atoms with Gasteiger partial charge in [-0.05, 0) is 67.4 Å². The minimum absolute atomic E-state index is 0.846. The quantitative estimate of drug-likeness (QED) is 0.508. The Balaban J connectivity index is 2.13. The van der Waals surface area contributed by atoms with Gasteiger partial charge < -0.3 is 0 Å². The summed E-state index contributed by atoms with van der Waals surface area (Å²) in [5.74, 6) is 1.71. The summed E-state index contributed by atoms with van der Waals surface area (Å²) in [5.41, 5.74) is 3.26. The third-order valence-corrected chi connectivity index (χ3v) is 4.40. The van der Waals surface area contributed by atoms with Crippen molar-refractivity contribution in [3.8, 4) is 0 Å². The summed E-state index contributed by atoms with van der Waals surface area (Å²) >= 11 is 3.50. The zero-order valence-corrected chi connectivity index (χ0v) is 15.9. The number of hydrogen-bond acceptors (Lipinski definition) is 3. The third-order valence-electron chi connectivity index (χ3n) is 3.87. The Morgan fingerprint density at radius 1 is 1.00 bits per heavy atom. The Kier molecular flexibility index (Phi) is 5.61. The van der Waals surface area contributed by atoms with Gasteiger partial charge in [-0.2, -0.15) is 0 Å². The minimum atomic E-state index is 0.846. The third kappa shape index (κ3) is 3.97. The van der Waals surface area contributed by atoms with Crippen molar-refractivity contribution >= 4 is 39.3 Å². The molecule has 0 saturated heterocycles. The second-order valence-corrected chi connectivity index (χ2v) is 6.47. The molecule has 0 bridgehead atoms. The maximum absolute atomic E-state index is 4.91. The maximum atomic E-state index is 4.91. The first-order valence-corrected chi connectivity index (χ1v) is 9.11. The normalized spacial score (nSPS) is 11.0. The molecule has 0 saturated carbocycles. The van der Waals surface area contributed by atoms with E-state index in [0.717, 1.165) is 39.5 Å². The number of anilines is 3. The van der Waals surface area contributed by atoms with Crippen LogP contribution in [0.25, 0.3) is 6.08 Å². The first-order chi connectivity index (χ1) is 12.2. The average Bonchev–Trinajstić information content (AvgIpc) is 2.65. The molecular weight excluding hydrogens is 374 g/mol. The zero-order valence-electron chi connectivity index (χ0n) is 14.4. The van der Waals surface area contributed by atoms with Crippen LogP contribution in [-0.4, -0.2) is 9.97 Å². The Labute approximate surface area is 157 Å². The van der Waals surface area contributed by atoms with Crippen LogP contribution in [0.4, 0.5) is 17.3 Å². The van der Waals surface area contributed by atoms with E-state index in [0.29, 0.717) is 0 Å². The molecule has 25 heavy (non-hydrogen) atoms. The number of aromatic nitrogens is 2. The van der Waals surface area contributed by atoms with Crippen LogP contribution >= 0.6 is 15.9 Å². The average molecular weight is 394 g/mol. The van der Waals surface area contributed by atoms with E-state index in [1.807, 2.05) is 49.4 Å². The van der Waals surface area contributed by atoms with Crippen LogP contribution in [0.5, 0.6) is 0 Å². The van der Waals surface area contributed by atoms with Crippen molar-refractivity contribution in [3.05, 3.63) is 82.6 Å². The molecule has 0 fully saturated rings. The lowest BCUT2D eigenvalue weighted by Gasteiger charge is -2.24. The fourth-order valence-electron chi connectivity index (χ4n) is 2.70. The Morgan fingerprint density at radius 2 is 1.80 bits per heavy atom. The second-order valence-electron chi connectivity index (χ2n) is 5.56. The highest BCUT2D eigenvalue weighted by Crippen LogP contribution is 2.33. The summed E-state index contributed by atoms with van der Waals surface area (Å²) in [4.78, 5) is 11.5. The fourth-order valence-corrected chi connectivity index (χ4v) is 2.96. The smallest absolute Gasteiger partial charge is 0.139 e. The highest BCUT2D eigenvalue weighted by Gasteiger charge is 2.15. The molecule has 0 spiro atoms. The lowest BCUT2D eigenvalue weighted by atomic mass is 10.1. The van der Waals surface area contributed by atoms with E-state index in [4.69, 9.17) is 4.98 Å². The van der Waals surface area contributed by atoms with Crippen LogP contribution in [-0.2, 0) is 6.42 Å². The molecule has 0 aliphatic heterocycles. The van der Waals surface area contributed by atoms with Crippen molar-refractivity contribution in [2.24, 2.45) is 0 Å². The van der Waals surface area contributed by atoms with E-state index < -0.39 is 0 Å². The topological polar surface area (TPSA) is 29.0 Å². The number of pyridine rings is 2. The van der Waals surface area contributed by atoms with Crippen LogP contribution in [0.2, 0.25) is 0 Å². The molecule has 3 aromatic rings. The predicted molar refractivity (Wildman–Crippen MR) is 109 cm³/mol. The number of allylic oxidation sites excluding steroid dienone is 1. The van der Waals surface area contributed by atoms with E-state index in [1.165, 1.54) is 0 Å². The molecule has 0 atom stereocenters. The van der Waals surface area contributed by atoms with Gasteiger partial charge in [-0.1, -0.05) is 41.1 Å². The van der Waals surface area contributed by atoms with Gasteiger partial charge in [0.2, 0.25) is 0 Å². The Bertz CT molecular complexity index is 858. The zero-order chi connectivity index (χ0) is 17.6. The van der Waals surface area contributed by atoms with E-state index in [-0.39, 0.29) is 0 Å². The molecule has 0 aliphatic carbocycles. The Hall–Kier alpha value is -2.46. The number of halogens is 1. The molecule has 0 amide bonds. The molecule has 0 N–H and O–H groups in total. The van der Waals surface area contributed by atoms with Gasteiger partial charge in [0, 0.05) is 22.1 Å². The predicted octanol–water partition coefficient (Wildman–Crippen LogP) is 6.30. The molecule has 0 unspecified atom stereocenters. The highest BCUT2D eigenvalue weighted by atomic mass is 79.9. The second kappa shape index (κ2) is 8.08. The summed E-state index contributed by atoms with van der Waals surface area (Å²) in [7, 11) is 0. The van der Waals surface area contributed by atoms with Crippen molar-refractivity contribution in [1.29, 1.82) is 0 Å². The largest absolute Gasteiger partial charge is 0.279 e. The van der Waals surface area contributed by atoms with Gasteiger partial charge in [0.25, 0.3) is 0 Å². The summed E-state index contributed by atoms with van der Waals surface area (Å²) < 4.78 is 1.04. The number of nitrogens with zero attached hydrogens (tertiary/aromatic N) is 3. The molecule has 3 nitrogen and oxygen atoms in total. The number of rotatable bonds is 5. The lowest BCUT2D eigenvalue weighted by Crippen LogP contribution is -2.14. The van der Waals surface area contributed by atoms with Gasteiger partial charge in [0.05, 0.1) is 0 Å². The van der Waals surface area contributed by atoms with E-state index >= 15 is 0 Å². The Morgan fingerprint density at radius 3 is 2.44 bits per heavy atom. The maximum Gasteiger partial charge on any atom is 0.139 e. The van der Waals surface area contributed by atoms with Gasteiger partial charge in [-0.25, -0.2) is 9.97 Å².